The second-order valence-electron chi connectivity index (χ2n) is 9.59. The van der Waals surface area contributed by atoms with Crippen molar-refractivity contribution in [3.8, 4) is 17.6 Å². The van der Waals surface area contributed by atoms with Crippen LogP contribution in [0.15, 0.2) is 60.7 Å². The smallest absolute Gasteiger partial charge is 0.437 e. The Bertz CT molecular complexity index is 1460. The minimum absolute atomic E-state index is 0.187. The number of aromatic nitrogens is 1. The number of rotatable bonds is 3. The third-order valence-electron chi connectivity index (χ3n) is 7.33. The van der Waals surface area contributed by atoms with Gasteiger partial charge in [-0.25, -0.2) is 4.98 Å². The number of aromatic hydroxyl groups is 1. The molecule has 1 fully saturated rings. The lowest BCUT2D eigenvalue weighted by Gasteiger charge is -2.40. The molecule has 0 radical (unpaired) electrons. The van der Waals surface area contributed by atoms with Crippen molar-refractivity contribution >= 4 is 5.91 Å². The summed E-state index contributed by atoms with van der Waals surface area (Å²) in [5.41, 5.74) is -6.16. The molecule has 38 heavy (non-hydrogen) atoms. The maximum absolute atomic E-state index is 13.7. The Balaban J connectivity index is 1.88. The van der Waals surface area contributed by atoms with Crippen LogP contribution in [0.25, 0.3) is 0 Å². The van der Waals surface area contributed by atoms with Gasteiger partial charge in [-0.05, 0) is 23.3 Å². The number of halogens is 3. The summed E-state index contributed by atoms with van der Waals surface area (Å²) in [6, 6.07) is 16.8. The van der Waals surface area contributed by atoms with Crippen LogP contribution >= 0.6 is 0 Å². The van der Waals surface area contributed by atoms with Crippen molar-refractivity contribution in [2.75, 3.05) is 14.1 Å². The van der Waals surface area contributed by atoms with E-state index in [1.165, 1.54) is 43.3 Å². The van der Waals surface area contributed by atoms with E-state index in [9.17, 15) is 38.5 Å². The molecule has 11 heteroatoms. The Morgan fingerprint density at radius 1 is 1.13 bits per heavy atom. The molecule has 0 spiro atoms. The van der Waals surface area contributed by atoms with Gasteiger partial charge in [0.15, 0.2) is 16.9 Å². The van der Waals surface area contributed by atoms with Gasteiger partial charge in [0.05, 0.1) is 17.6 Å². The molecule has 1 aliphatic heterocycles. The number of hydrogen-bond acceptors (Lipinski definition) is 7. The number of carbonyl (C=O) groups excluding carboxylic acids is 1. The van der Waals surface area contributed by atoms with Gasteiger partial charge in [0.25, 0.3) is 0 Å². The van der Waals surface area contributed by atoms with E-state index in [2.05, 4.69) is 4.98 Å². The molecule has 3 aromatic rings. The second kappa shape index (κ2) is 8.44. The van der Waals surface area contributed by atoms with Crippen LogP contribution in [-0.2, 0) is 22.2 Å². The first-order chi connectivity index (χ1) is 17.9. The predicted octanol–water partition coefficient (Wildman–Crippen LogP) is 3.02. The number of aliphatic hydroxyl groups is 2. The number of alkyl halides is 3. The Labute approximate surface area is 215 Å². The Morgan fingerprint density at radius 3 is 2.32 bits per heavy atom. The number of fused-ring (bicyclic) bond motifs is 3. The molecule has 2 aliphatic rings. The number of nitrogens with zero attached hydrogens (tertiary/aromatic N) is 3. The van der Waals surface area contributed by atoms with Gasteiger partial charge in [0, 0.05) is 26.1 Å². The number of amides is 1. The summed E-state index contributed by atoms with van der Waals surface area (Å²) in [6.45, 7) is 0. The molecule has 8 nitrogen and oxygen atoms in total. The molecule has 0 bridgehead atoms. The van der Waals surface area contributed by atoms with Gasteiger partial charge in [-0.3, -0.25) is 4.79 Å². The van der Waals surface area contributed by atoms with Gasteiger partial charge >= 0.3 is 6.18 Å². The van der Waals surface area contributed by atoms with Crippen molar-refractivity contribution in [2.24, 2.45) is 5.92 Å². The molecular formula is C27H22F3N3O5. The van der Waals surface area contributed by atoms with E-state index < -0.39 is 58.4 Å². The number of carbonyl (C=O) groups is 1. The lowest BCUT2D eigenvalue weighted by molar-refractivity contribution is -0.159. The molecule has 2 heterocycles. The summed E-state index contributed by atoms with van der Waals surface area (Å²) in [4.78, 5) is 18.3. The highest BCUT2D eigenvalue weighted by molar-refractivity contribution is 5.82. The van der Waals surface area contributed by atoms with Gasteiger partial charge in [-0.2, -0.15) is 18.4 Å². The van der Waals surface area contributed by atoms with Crippen LogP contribution in [0.5, 0.6) is 11.5 Å². The maximum atomic E-state index is 13.7. The minimum Gasteiger partial charge on any atom is -0.506 e. The average Bonchev–Trinajstić information content (AvgIpc) is 3.25. The topological polar surface area (TPSA) is 127 Å². The van der Waals surface area contributed by atoms with Gasteiger partial charge in [-0.1, -0.05) is 42.5 Å². The molecule has 0 saturated heterocycles. The summed E-state index contributed by atoms with van der Waals surface area (Å²) in [7, 11) is 2.91. The Kier molecular flexibility index (Phi) is 5.67. The highest BCUT2D eigenvalue weighted by Crippen LogP contribution is 2.68. The van der Waals surface area contributed by atoms with Gasteiger partial charge in [0.2, 0.25) is 5.91 Å². The van der Waals surface area contributed by atoms with Crippen LogP contribution in [0.4, 0.5) is 13.2 Å². The molecule has 196 valence electrons. The standard InChI is InChI=1S/C27H22F3N3O5/c1-33(2)24(36)19-20(15-6-4-3-5-7-15)26(16-10-8-14(13-31)9-11-16)25(37,23(19)35)22-18(38-26)12-17(34)21(32-22)27(28,29)30/h3-12,19-20,23,34-35,37H,1-2H3. The molecule has 5 unspecified atom stereocenters. The highest BCUT2D eigenvalue weighted by atomic mass is 19.4. The molecule has 1 amide bonds. The molecule has 1 saturated carbocycles. The van der Waals surface area contributed by atoms with E-state index in [-0.39, 0.29) is 16.9 Å². The molecule has 3 N–H and O–H groups in total. The van der Waals surface area contributed by atoms with Gasteiger partial charge in [0.1, 0.15) is 23.3 Å². The number of benzene rings is 2. The van der Waals surface area contributed by atoms with E-state index in [1.807, 2.05) is 6.07 Å². The monoisotopic (exact) mass is 525 g/mol. The number of nitriles is 1. The zero-order valence-corrected chi connectivity index (χ0v) is 20.1. The fourth-order valence-corrected chi connectivity index (χ4v) is 5.76. The van der Waals surface area contributed by atoms with Crippen molar-refractivity contribution in [1.29, 1.82) is 5.26 Å². The first-order valence-corrected chi connectivity index (χ1v) is 11.6. The zero-order chi connectivity index (χ0) is 27.6. The third kappa shape index (κ3) is 3.30. The first-order valence-electron chi connectivity index (χ1n) is 11.6. The van der Waals surface area contributed by atoms with Crippen LogP contribution in [0.1, 0.15) is 34.0 Å². The number of ether oxygens (including phenoxy) is 1. The first kappa shape index (κ1) is 25.5. The Morgan fingerprint density at radius 2 is 1.76 bits per heavy atom. The highest BCUT2D eigenvalue weighted by Gasteiger charge is 2.78. The van der Waals surface area contributed by atoms with E-state index in [0.29, 0.717) is 11.6 Å². The second-order valence-corrected chi connectivity index (χ2v) is 9.59. The normalized spacial score (nSPS) is 27.7. The molecule has 5 atom stereocenters. The van der Waals surface area contributed by atoms with Crippen LogP contribution in [0, 0.1) is 17.2 Å². The average molecular weight is 525 g/mol. The maximum Gasteiger partial charge on any atom is 0.437 e. The minimum atomic E-state index is -5.09. The van der Waals surface area contributed by atoms with E-state index in [1.54, 1.807) is 30.3 Å². The van der Waals surface area contributed by atoms with E-state index in [0.717, 1.165) is 0 Å². The van der Waals surface area contributed by atoms with Crippen LogP contribution in [0.2, 0.25) is 0 Å². The zero-order valence-electron chi connectivity index (χ0n) is 20.1. The molecular weight excluding hydrogens is 503 g/mol. The molecule has 1 aliphatic carbocycles. The van der Waals surface area contributed by atoms with Crippen molar-refractivity contribution in [3.05, 3.63) is 88.7 Å². The number of aliphatic hydroxyl groups excluding tert-OH is 1. The van der Waals surface area contributed by atoms with Crippen molar-refractivity contribution in [2.45, 2.75) is 29.4 Å². The molecule has 5 rings (SSSR count). The lowest BCUT2D eigenvalue weighted by atomic mass is 9.71. The van der Waals surface area contributed by atoms with E-state index >= 15 is 0 Å². The fraction of sp³-hybridized carbons (Fsp3) is 0.296. The van der Waals surface area contributed by atoms with Crippen molar-refractivity contribution < 1.29 is 38.0 Å². The number of pyridine rings is 1. The fourth-order valence-electron chi connectivity index (χ4n) is 5.76. The van der Waals surface area contributed by atoms with E-state index in [4.69, 9.17) is 4.74 Å². The summed E-state index contributed by atoms with van der Waals surface area (Å²) in [5, 5.41) is 43.5. The quantitative estimate of drug-likeness (QED) is 0.480. The third-order valence-corrected chi connectivity index (χ3v) is 7.33. The van der Waals surface area contributed by atoms with Gasteiger partial charge in [-0.15, -0.1) is 0 Å². The van der Waals surface area contributed by atoms with Gasteiger partial charge < -0.3 is 25.0 Å². The lowest BCUT2D eigenvalue weighted by Crippen LogP contribution is -2.52. The summed E-state index contributed by atoms with van der Waals surface area (Å²) in [5.74, 6) is -4.69. The van der Waals surface area contributed by atoms with Crippen molar-refractivity contribution in [1.82, 2.24) is 9.88 Å². The summed E-state index contributed by atoms with van der Waals surface area (Å²) >= 11 is 0. The van der Waals surface area contributed by atoms with Crippen LogP contribution in [0.3, 0.4) is 0 Å². The number of hydrogen-bond donors (Lipinski definition) is 3. The largest absolute Gasteiger partial charge is 0.506 e. The SMILES string of the molecule is CN(C)C(=O)C1C(O)C2(O)c3nc(C(F)(F)F)c(O)cc3OC2(c2ccc(C#N)cc2)C1c1ccccc1. The predicted molar refractivity (Wildman–Crippen MR) is 126 cm³/mol. The summed E-state index contributed by atoms with van der Waals surface area (Å²) < 4.78 is 47.5. The van der Waals surface area contributed by atoms with Crippen LogP contribution < -0.4 is 4.74 Å². The van der Waals surface area contributed by atoms with Crippen LogP contribution in [-0.4, -0.2) is 51.3 Å². The Hall–Kier alpha value is -4.14. The molecule has 1 aromatic heterocycles. The molecule has 2 aromatic carbocycles. The summed E-state index contributed by atoms with van der Waals surface area (Å²) in [6.07, 6.45) is -7.06. The van der Waals surface area contributed by atoms with Crippen molar-refractivity contribution in [3.63, 3.8) is 0 Å².